The fraction of sp³-hybridized carbons (Fsp3) is 0.316. The Hall–Kier alpha value is -2.49. The van der Waals surface area contributed by atoms with Crippen LogP contribution >= 0.6 is 0 Å². The zero-order valence-corrected chi connectivity index (χ0v) is 14.0. The fourth-order valence-corrected chi connectivity index (χ4v) is 2.97. The average Bonchev–Trinajstić information content (AvgIpc) is 2.55. The highest BCUT2D eigenvalue weighted by molar-refractivity contribution is 5.66. The number of aromatic hydroxyl groups is 1. The Morgan fingerprint density at radius 2 is 1.74 bits per heavy atom. The molecule has 122 valence electrons. The quantitative estimate of drug-likeness (QED) is 0.824. The van der Waals surface area contributed by atoms with Crippen LogP contribution in [0.25, 0.3) is 0 Å². The Morgan fingerprint density at radius 3 is 2.35 bits per heavy atom. The summed E-state index contributed by atoms with van der Waals surface area (Å²) < 4.78 is 5.48. The number of carbonyl (C=O) groups is 1. The SMILES string of the molecule is COc1ccccc1C(N(C)c1ccccc1O)C(C)(C)C=O. The van der Waals surface area contributed by atoms with E-state index in [1.165, 1.54) is 0 Å². The summed E-state index contributed by atoms with van der Waals surface area (Å²) in [6.45, 7) is 3.77. The maximum Gasteiger partial charge on any atom is 0.138 e. The monoisotopic (exact) mass is 313 g/mol. The van der Waals surface area contributed by atoms with E-state index in [0.29, 0.717) is 5.69 Å². The van der Waals surface area contributed by atoms with E-state index in [1.54, 1.807) is 19.2 Å². The number of hydrogen-bond acceptors (Lipinski definition) is 4. The van der Waals surface area contributed by atoms with Crippen LogP contribution < -0.4 is 9.64 Å². The summed E-state index contributed by atoms with van der Waals surface area (Å²) in [4.78, 5) is 13.6. The molecular formula is C19H23NO3. The van der Waals surface area contributed by atoms with Crippen molar-refractivity contribution in [3.63, 3.8) is 0 Å². The highest BCUT2D eigenvalue weighted by atomic mass is 16.5. The van der Waals surface area contributed by atoms with Crippen molar-refractivity contribution in [2.75, 3.05) is 19.1 Å². The third kappa shape index (κ3) is 3.31. The number of benzene rings is 2. The second kappa shape index (κ2) is 6.73. The molecule has 0 bridgehead atoms. The van der Waals surface area contributed by atoms with Gasteiger partial charge in [-0.1, -0.05) is 44.2 Å². The number of methoxy groups -OCH3 is 1. The number of rotatable bonds is 6. The molecule has 0 fully saturated rings. The number of phenols is 1. The summed E-state index contributed by atoms with van der Waals surface area (Å²) in [5.74, 6) is 0.895. The summed E-state index contributed by atoms with van der Waals surface area (Å²) in [6.07, 6.45) is 0.945. The Bertz CT molecular complexity index is 682. The summed E-state index contributed by atoms with van der Waals surface area (Å²) >= 11 is 0. The number of hydrogen-bond donors (Lipinski definition) is 1. The highest BCUT2D eigenvalue weighted by Gasteiger charge is 2.36. The zero-order valence-electron chi connectivity index (χ0n) is 14.0. The van der Waals surface area contributed by atoms with Gasteiger partial charge in [-0.25, -0.2) is 0 Å². The number of para-hydroxylation sites is 3. The first-order chi connectivity index (χ1) is 10.9. The van der Waals surface area contributed by atoms with Crippen LogP contribution in [0.1, 0.15) is 25.5 Å². The molecule has 0 amide bonds. The molecule has 2 rings (SSSR count). The van der Waals surface area contributed by atoms with Crippen molar-refractivity contribution in [2.45, 2.75) is 19.9 Å². The average molecular weight is 313 g/mol. The Balaban J connectivity index is 2.60. The summed E-state index contributed by atoms with van der Waals surface area (Å²) in [6, 6.07) is 14.5. The van der Waals surface area contributed by atoms with Gasteiger partial charge in [0.25, 0.3) is 0 Å². The number of ether oxygens (including phenoxy) is 1. The topological polar surface area (TPSA) is 49.8 Å². The van der Waals surface area contributed by atoms with E-state index in [4.69, 9.17) is 4.74 Å². The van der Waals surface area contributed by atoms with Crippen molar-refractivity contribution < 1.29 is 14.6 Å². The number of nitrogens with zero attached hydrogens (tertiary/aromatic N) is 1. The van der Waals surface area contributed by atoms with E-state index in [-0.39, 0.29) is 11.8 Å². The van der Waals surface area contributed by atoms with Crippen molar-refractivity contribution in [1.29, 1.82) is 0 Å². The molecule has 1 atom stereocenters. The molecule has 0 spiro atoms. The maximum atomic E-state index is 11.7. The molecule has 0 aliphatic carbocycles. The molecule has 0 radical (unpaired) electrons. The predicted molar refractivity (Wildman–Crippen MR) is 92.1 cm³/mol. The minimum Gasteiger partial charge on any atom is -0.506 e. The molecule has 0 aliphatic heterocycles. The first-order valence-electron chi connectivity index (χ1n) is 7.52. The van der Waals surface area contributed by atoms with Crippen LogP contribution in [0.15, 0.2) is 48.5 Å². The molecule has 4 heteroatoms. The number of carbonyl (C=O) groups excluding carboxylic acids is 1. The minimum atomic E-state index is -0.675. The van der Waals surface area contributed by atoms with Crippen molar-refractivity contribution in [1.82, 2.24) is 0 Å². The van der Waals surface area contributed by atoms with E-state index in [2.05, 4.69) is 0 Å². The van der Waals surface area contributed by atoms with Crippen LogP contribution in [0.4, 0.5) is 5.69 Å². The van der Waals surface area contributed by atoms with Crippen molar-refractivity contribution in [2.24, 2.45) is 5.41 Å². The summed E-state index contributed by atoms with van der Waals surface area (Å²) in [5.41, 5.74) is 0.891. The van der Waals surface area contributed by atoms with E-state index < -0.39 is 5.41 Å². The first-order valence-corrected chi connectivity index (χ1v) is 7.52. The predicted octanol–water partition coefficient (Wildman–Crippen LogP) is 3.80. The van der Waals surface area contributed by atoms with E-state index >= 15 is 0 Å². The van der Waals surface area contributed by atoms with E-state index in [9.17, 15) is 9.90 Å². The van der Waals surface area contributed by atoms with E-state index in [0.717, 1.165) is 17.6 Å². The molecule has 2 aromatic rings. The molecule has 1 unspecified atom stereocenters. The van der Waals surface area contributed by atoms with Gasteiger partial charge >= 0.3 is 0 Å². The first kappa shape index (κ1) is 16.9. The second-order valence-electron chi connectivity index (χ2n) is 6.18. The Morgan fingerprint density at radius 1 is 1.13 bits per heavy atom. The van der Waals surface area contributed by atoms with Crippen molar-refractivity contribution in [3.8, 4) is 11.5 Å². The molecule has 4 nitrogen and oxygen atoms in total. The zero-order chi connectivity index (χ0) is 17.0. The molecule has 0 aliphatic rings. The summed E-state index contributed by atoms with van der Waals surface area (Å²) in [7, 11) is 3.49. The second-order valence-corrected chi connectivity index (χ2v) is 6.18. The maximum absolute atomic E-state index is 11.7. The lowest BCUT2D eigenvalue weighted by molar-refractivity contribution is -0.115. The van der Waals surface area contributed by atoms with Gasteiger partial charge in [0.1, 0.15) is 17.8 Å². The lowest BCUT2D eigenvalue weighted by Crippen LogP contribution is -2.37. The van der Waals surface area contributed by atoms with Crippen molar-refractivity contribution in [3.05, 3.63) is 54.1 Å². The Kier molecular flexibility index (Phi) is 4.94. The van der Waals surface area contributed by atoms with Crippen LogP contribution in [-0.4, -0.2) is 25.6 Å². The van der Waals surface area contributed by atoms with Gasteiger partial charge in [-0.15, -0.1) is 0 Å². The lowest BCUT2D eigenvalue weighted by atomic mass is 9.80. The molecule has 2 aromatic carbocycles. The molecule has 0 heterocycles. The van der Waals surface area contributed by atoms with Gasteiger partial charge in [-0.05, 0) is 18.2 Å². The molecule has 0 saturated carbocycles. The highest BCUT2D eigenvalue weighted by Crippen LogP contribution is 2.43. The smallest absolute Gasteiger partial charge is 0.138 e. The van der Waals surface area contributed by atoms with Gasteiger partial charge in [0.05, 0.1) is 18.8 Å². The van der Waals surface area contributed by atoms with Crippen LogP contribution in [0.3, 0.4) is 0 Å². The third-order valence-corrected chi connectivity index (χ3v) is 4.09. The van der Waals surface area contributed by atoms with Crippen LogP contribution in [0.2, 0.25) is 0 Å². The number of phenolic OH excluding ortho intramolecular Hbond substituents is 1. The van der Waals surface area contributed by atoms with Gasteiger partial charge < -0.3 is 19.5 Å². The van der Waals surface area contributed by atoms with Crippen LogP contribution in [-0.2, 0) is 4.79 Å². The normalized spacial score (nSPS) is 12.5. The van der Waals surface area contributed by atoms with Gasteiger partial charge in [0, 0.05) is 18.0 Å². The van der Waals surface area contributed by atoms with Crippen molar-refractivity contribution >= 4 is 12.0 Å². The Labute approximate surface area is 137 Å². The van der Waals surface area contributed by atoms with Gasteiger partial charge in [-0.3, -0.25) is 0 Å². The largest absolute Gasteiger partial charge is 0.506 e. The van der Waals surface area contributed by atoms with Gasteiger partial charge in [-0.2, -0.15) is 0 Å². The number of aldehydes is 1. The van der Waals surface area contributed by atoms with Gasteiger partial charge in [0.15, 0.2) is 0 Å². The number of anilines is 1. The van der Waals surface area contributed by atoms with E-state index in [1.807, 2.05) is 62.2 Å². The third-order valence-electron chi connectivity index (χ3n) is 4.09. The molecule has 0 aromatic heterocycles. The molecule has 23 heavy (non-hydrogen) atoms. The molecule has 0 saturated heterocycles. The molecule has 1 N–H and O–H groups in total. The van der Waals surface area contributed by atoms with Crippen LogP contribution in [0.5, 0.6) is 11.5 Å². The summed E-state index contributed by atoms with van der Waals surface area (Å²) in [5, 5.41) is 10.2. The lowest BCUT2D eigenvalue weighted by Gasteiger charge is -2.39. The van der Waals surface area contributed by atoms with Crippen LogP contribution in [0, 0.1) is 5.41 Å². The molecular weight excluding hydrogens is 290 g/mol. The fourth-order valence-electron chi connectivity index (χ4n) is 2.97. The standard InChI is InChI=1S/C19H23NO3/c1-19(2,13-21)18(14-9-5-8-12-17(14)23-4)20(3)15-10-6-7-11-16(15)22/h5-13,18,22H,1-4H3. The minimum absolute atomic E-state index is 0.177. The van der Waals surface area contributed by atoms with Gasteiger partial charge in [0.2, 0.25) is 0 Å².